The molecule has 0 amide bonds. The molecule has 6 nitrogen and oxygen atoms in total. The van der Waals surface area contributed by atoms with E-state index in [1.165, 1.54) is 0 Å². The predicted molar refractivity (Wildman–Crippen MR) is 94.3 cm³/mol. The Morgan fingerprint density at radius 3 is 2.46 bits per heavy atom. The summed E-state index contributed by atoms with van der Waals surface area (Å²) >= 11 is 0. The van der Waals surface area contributed by atoms with Gasteiger partial charge < -0.3 is 31.0 Å². The number of anilines is 1. The van der Waals surface area contributed by atoms with Crippen molar-refractivity contribution in [3.8, 4) is 5.75 Å². The zero-order valence-corrected chi connectivity index (χ0v) is 16.3. The monoisotopic (exact) mass is 418 g/mol. The standard InChI is InChI=1S/C19H19N2O4.BrH/c1-20(2)14-6-8-21(9-7-14)12-17(22)16-11-13-10-15(24-3)4-5-18(13)25-19(16)23;/h4-11H,12H2,1-3H3;1H/q+1;/p-1. The van der Waals surface area contributed by atoms with Gasteiger partial charge in [0.1, 0.15) is 16.9 Å². The van der Waals surface area contributed by atoms with E-state index in [9.17, 15) is 9.59 Å². The first-order valence-corrected chi connectivity index (χ1v) is 7.79. The predicted octanol–water partition coefficient (Wildman–Crippen LogP) is -0.958. The van der Waals surface area contributed by atoms with Crippen molar-refractivity contribution in [1.29, 1.82) is 0 Å². The maximum Gasteiger partial charge on any atom is 0.347 e. The molecule has 0 radical (unpaired) electrons. The van der Waals surface area contributed by atoms with Gasteiger partial charge >= 0.3 is 5.63 Å². The Bertz CT molecular complexity index is 981. The van der Waals surface area contributed by atoms with Gasteiger partial charge in [-0.1, -0.05) is 0 Å². The van der Waals surface area contributed by atoms with Crippen molar-refractivity contribution >= 4 is 22.4 Å². The number of hydrogen-bond donors (Lipinski definition) is 0. The summed E-state index contributed by atoms with van der Waals surface area (Å²) in [6.45, 7) is 0.0634. The van der Waals surface area contributed by atoms with Crippen molar-refractivity contribution in [3.63, 3.8) is 0 Å². The summed E-state index contributed by atoms with van der Waals surface area (Å²) < 4.78 is 12.1. The molecule has 136 valence electrons. The van der Waals surface area contributed by atoms with Gasteiger partial charge in [0.15, 0.2) is 12.4 Å². The summed E-state index contributed by atoms with van der Waals surface area (Å²) in [6.07, 6.45) is 3.61. The molecule has 1 aromatic carbocycles. The number of nitrogens with zero attached hydrogens (tertiary/aromatic N) is 2. The van der Waals surface area contributed by atoms with Crippen LogP contribution in [-0.4, -0.2) is 27.0 Å². The Hall–Kier alpha value is -2.67. The lowest BCUT2D eigenvalue weighted by atomic mass is 10.1. The topological polar surface area (TPSA) is 63.6 Å². The molecule has 0 aliphatic carbocycles. The molecule has 3 aromatic rings. The summed E-state index contributed by atoms with van der Waals surface area (Å²) in [7, 11) is 5.44. The lowest BCUT2D eigenvalue weighted by Gasteiger charge is -2.10. The van der Waals surface area contributed by atoms with Crippen LogP contribution in [-0.2, 0) is 6.54 Å². The maximum atomic E-state index is 12.5. The third-order valence-corrected chi connectivity index (χ3v) is 3.96. The molecule has 0 aliphatic rings. The van der Waals surface area contributed by atoms with Gasteiger partial charge in [0, 0.05) is 37.3 Å². The fraction of sp³-hybridized carbons (Fsp3) is 0.211. The number of aromatic nitrogens is 1. The molecule has 2 heterocycles. The number of carbonyl (C=O) groups excluding carboxylic acids is 1. The zero-order chi connectivity index (χ0) is 18.0. The van der Waals surface area contributed by atoms with E-state index in [2.05, 4.69) is 0 Å². The molecule has 3 rings (SSSR count). The van der Waals surface area contributed by atoms with Crippen LogP contribution >= 0.6 is 0 Å². The zero-order valence-electron chi connectivity index (χ0n) is 14.7. The third-order valence-electron chi connectivity index (χ3n) is 3.96. The average molecular weight is 419 g/mol. The van der Waals surface area contributed by atoms with Crippen LogP contribution in [0.15, 0.2) is 58.0 Å². The van der Waals surface area contributed by atoms with Crippen LogP contribution in [0.4, 0.5) is 5.69 Å². The van der Waals surface area contributed by atoms with E-state index < -0.39 is 5.63 Å². The molecule has 0 fully saturated rings. The lowest BCUT2D eigenvalue weighted by Crippen LogP contribution is -3.00. The quantitative estimate of drug-likeness (QED) is 0.303. The number of carbonyl (C=O) groups is 1. The van der Waals surface area contributed by atoms with Crippen molar-refractivity contribution < 1.29 is 35.5 Å². The first-order chi connectivity index (χ1) is 12.0. The normalized spacial score (nSPS) is 10.3. The molecular formula is C19H19BrN2O4. The number of Topliss-reactive ketones (excluding diaryl/α,β-unsaturated/α-hetero) is 1. The van der Waals surface area contributed by atoms with Crippen molar-refractivity contribution in [2.75, 3.05) is 26.1 Å². The third kappa shape index (κ3) is 4.11. The second kappa shape index (κ2) is 8.14. The van der Waals surface area contributed by atoms with Crippen LogP contribution in [0.1, 0.15) is 10.4 Å². The van der Waals surface area contributed by atoms with Gasteiger partial charge in [0.2, 0.25) is 12.3 Å². The summed E-state index contributed by atoms with van der Waals surface area (Å²) in [5.41, 5.74) is 0.851. The van der Waals surface area contributed by atoms with Crippen molar-refractivity contribution in [1.82, 2.24) is 0 Å². The van der Waals surface area contributed by atoms with E-state index in [0.29, 0.717) is 16.7 Å². The summed E-state index contributed by atoms with van der Waals surface area (Å²) in [5.74, 6) is 0.328. The molecule has 0 unspecified atom stereocenters. The number of hydrogen-bond acceptors (Lipinski definition) is 5. The number of fused-ring (bicyclic) bond motifs is 1. The number of halogens is 1. The highest BCUT2D eigenvalue weighted by Gasteiger charge is 2.18. The van der Waals surface area contributed by atoms with Gasteiger partial charge in [-0.2, -0.15) is 4.57 Å². The molecule has 0 saturated heterocycles. The fourth-order valence-electron chi connectivity index (χ4n) is 2.53. The number of pyridine rings is 1. The maximum absolute atomic E-state index is 12.5. The van der Waals surface area contributed by atoms with Crippen LogP contribution in [0, 0.1) is 0 Å². The summed E-state index contributed by atoms with van der Waals surface area (Å²) in [6, 6.07) is 10.4. The minimum Gasteiger partial charge on any atom is -1.00 e. The van der Waals surface area contributed by atoms with Gasteiger partial charge in [-0.25, -0.2) is 4.79 Å². The van der Waals surface area contributed by atoms with Crippen LogP contribution in [0.3, 0.4) is 0 Å². The van der Waals surface area contributed by atoms with Crippen molar-refractivity contribution in [2.24, 2.45) is 0 Å². The second-order valence-corrected chi connectivity index (χ2v) is 5.90. The Labute approximate surface area is 161 Å². The van der Waals surface area contributed by atoms with Gasteiger partial charge in [0.25, 0.3) is 0 Å². The van der Waals surface area contributed by atoms with Gasteiger partial charge in [0.05, 0.1) is 7.11 Å². The molecule has 0 aliphatic heterocycles. The molecule has 2 aromatic heterocycles. The highest BCUT2D eigenvalue weighted by molar-refractivity contribution is 5.97. The van der Waals surface area contributed by atoms with E-state index in [4.69, 9.17) is 9.15 Å². The molecule has 0 spiro atoms. The van der Waals surface area contributed by atoms with Crippen LogP contribution < -0.4 is 36.8 Å². The molecule has 0 N–H and O–H groups in total. The largest absolute Gasteiger partial charge is 1.00 e. The first-order valence-electron chi connectivity index (χ1n) is 7.79. The Morgan fingerprint density at radius 2 is 1.85 bits per heavy atom. The molecule has 26 heavy (non-hydrogen) atoms. The average Bonchev–Trinajstić information content (AvgIpc) is 2.61. The van der Waals surface area contributed by atoms with Crippen LogP contribution in [0.25, 0.3) is 11.0 Å². The Morgan fingerprint density at radius 1 is 1.15 bits per heavy atom. The van der Waals surface area contributed by atoms with E-state index >= 15 is 0 Å². The highest BCUT2D eigenvalue weighted by atomic mass is 79.9. The van der Waals surface area contributed by atoms with Crippen molar-refractivity contribution in [3.05, 3.63) is 64.8 Å². The van der Waals surface area contributed by atoms with E-state index in [0.717, 1.165) is 5.69 Å². The number of methoxy groups -OCH3 is 1. The molecule has 7 heteroatoms. The van der Waals surface area contributed by atoms with Crippen LogP contribution in [0.5, 0.6) is 5.75 Å². The smallest absolute Gasteiger partial charge is 0.347 e. The number of rotatable bonds is 5. The molecule has 0 atom stereocenters. The Balaban J connectivity index is 0.00000243. The van der Waals surface area contributed by atoms with E-state index in [1.807, 2.05) is 31.1 Å². The van der Waals surface area contributed by atoms with E-state index in [1.54, 1.807) is 48.3 Å². The second-order valence-electron chi connectivity index (χ2n) is 5.90. The highest BCUT2D eigenvalue weighted by Crippen LogP contribution is 2.20. The molecule has 0 bridgehead atoms. The molecular weight excluding hydrogens is 400 g/mol. The Kier molecular flexibility index (Phi) is 6.15. The number of ketones is 1. The SMILES string of the molecule is COc1ccc2oc(=O)c(C(=O)C[n+]3ccc(N(C)C)cc3)cc2c1.[Br-]. The van der Waals surface area contributed by atoms with Gasteiger partial charge in [-0.15, -0.1) is 0 Å². The number of benzene rings is 1. The lowest BCUT2D eigenvalue weighted by molar-refractivity contribution is -0.683. The molecule has 0 saturated carbocycles. The summed E-state index contributed by atoms with van der Waals surface area (Å²) in [5, 5.41) is 0.648. The minimum absolute atomic E-state index is 0. The fourth-order valence-corrected chi connectivity index (χ4v) is 2.53. The van der Waals surface area contributed by atoms with Gasteiger partial charge in [-0.3, -0.25) is 4.79 Å². The first kappa shape index (κ1) is 19.7. The van der Waals surface area contributed by atoms with Crippen molar-refractivity contribution in [2.45, 2.75) is 6.54 Å². The van der Waals surface area contributed by atoms with Crippen LogP contribution in [0.2, 0.25) is 0 Å². The summed E-state index contributed by atoms with van der Waals surface area (Å²) in [4.78, 5) is 26.6. The minimum atomic E-state index is -0.631. The number of ether oxygens (including phenoxy) is 1. The van der Waals surface area contributed by atoms with E-state index in [-0.39, 0.29) is 34.9 Å². The van der Waals surface area contributed by atoms with Gasteiger partial charge in [-0.05, 0) is 24.3 Å².